The first kappa shape index (κ1) is 15.4. The fraction of sp³-hybridized carbons (Fsp3) is 0.700. The van der Waals surface area contributed by atoms with Crippen LogP contribution in [0.3, 0.4) is 0 Å². The van der Waals surface area contributed by atoms with Crippen LogP contribution in [0, 0.1) is 5.92 Å². The molecule has 0 saturated carbocycles. The molecule has 1 aromatic rings. The van der Waals surface area contributed by atoms with Gasteiger partial charge < -0.3 is 9.67 Å². The summed E-state index contributed by atoms with van der Waals surface area (Å²) in [7, 11) is -2.03. The molecular formula is C10H18ClN3O3S. The lowest BCUT2D eigenvalue weighted by Gasteiger charge is -2.13. The third kappa shape index (κ3) is 4.24. The third-order valence-corrected chi connectivity index (χ3v) is 4.08. The second kappa shape index (κ2) is 6.01. The van der Waals surface area contributed by atoms with Crippen LogP contribution in [-0.2, 0) is 17.1 Å². The van der Waals surface area contributed by atoms with Gasteiger partial charge in [-0.2, -0.15) is 0 Å². The van der Waals surface area contributed by atoms with E-state index < -0.39 is 16.1 Å². The lowest BCUT2D eigenvalue weighted by atomic mass is 10.1. The summed E-state index contributed by atoms with van der Waals surface area (Å²) in [5, 5.41) is 9.22. The molecule has 0 spiro atoms. The van der Waals surface area contributed by atoms with Crippen molar-refractivity contribution in [3.05, 3.63) is 11.5 Å². The van der Waals surface area contributed by atoms with Crippen LogP contribution in [0.4, 0.5) is 0 Å². The van der Waals surface area contributed by atoms with E-state index in [4.69, 9.17) is 11.6 Å². The minimum atomic E-state index is -3.64. The van der Waals surface area contributed by atoms with Crippen molar-refractivity contribution in [3.8, 4) is 0 Å². The van der Waals surface area contributed by atoms with Crippen LogP contribution >= 0.6 is 11.6 Å². The molecule has 0 aromatic carbocycles. The van der Waals surface area contributed by atoms with Gasteiger partial charge >= 0.3 is 0 Å². The average Bonchev–Trinajstić information content (AvgIpc) is 2.56. The van der Waals surface area contributed by atoms with Gasteiger partial charge in [-0.15, -0.1) is 0 Å². The SMILES string of the molecule is CC(O)CC(C)CNS(=O)(=O)c1cn(C)c(Cl)n1. The molecule has 0 aliphatic rings. The summed E-state index contributed by atoms with van der Waals surface area (Å²) >= 11 is 5.69. The van der Waals surface area contributed by atoms with Crippen molar-refractivity contribution >= 4 is 21.6 Å². The first-order valence-corrected chi connectivity index (χ1v) is 7.45. The molecule has 1 aromatic heterocycles. The molecule has 2 atom stereocenters. The van der Waals surface area contributed by atoms with Gasteiger partial charge in [0.25, 0.3) is 10.0 Å². The van der Waals surface area contributed by atoms with Crippen molar-refractivity contribution in [1.29, 1.82) is 0 Å². The largest absolute Gasteiger partial charge is 0.393 e. The van der Waals surface area contributed by atoms with Gasteiger partial charge in [-0.1, -0.05) is 6.92 Å². The van der Waals surface area contributed by atoms with Gasteiger partial charge in [0, 0.05) is 19.8 Å². The average molecular weight is 296 g/mol. The van der Waals surface area contributed by atoms with Crippen molar-refractivity contribution in [2.24, 2.45) is 13.0 Å². The minimum Gasteiger partial charge on any atom is -0.393 e. The summed E-state index contributed by atoms with van der Waals surface area (Å²) in [4.78, 5) is 3.75. The summed E-state index contributed by atoms with van der Waals surface area (Å²) in [6.07, 6.45) is 1.43. The first-order valence-electron chi connectivity index (χ1n) is 5.59. The number of aromatic nitrogens is 2. The summed E-state index contributed by atoms with van der Waals surface area (Å²) in [5.41, 5.74) is 0. The van der Waals surface area contributed by atoms with E-state index in [9.17, 15) is 13.5 Å². The number of sulfonamides is 1. The maximum Gasteiger partial charge on any atom is 0.259 e. The number of aliphatic hydroxyl groups is 1. The van der Waals surface area contributed by atoms with E-state index in [0.717, 1.165) is 0 Å². The van der Waals surface area contributed by atoms with Crippen LogP contribution in [0.25, 0.3) is 0 Å². The highest BCUT2D eigenvalue weighted by atomic mass is 35.5. The van der Waals surface area contributed by atoms with Crippen LogP contribution in [0.1, 0.15) is 20.3 Å². The molecule has 8 heteroatoms. The maximum absolute atomic E-state index is 11.9. The topological polar surface area (TPSA) is 84.2 Å². The molecule has 0 saturated heterocycles. The van der Waals surface area contributed by atoms with E-state index in [2.05, 4.69) is 9.71 Å². The zero-order valence-corrected chi connectivity index (χ0v) is 12.2. The monoisotopic (exact) mass is 295 g/mol. The zero-order chi connectivity index (χ0) is 13.9. The number of aliphatic hydroxyl groups excluding tert-OH is 1. The van der Waals surface area contributed by atoms with Crippen LogP contribution in [-0.4, -0.2) is 35.7 Å². The predicted octanol–water partition coefficient (Wildman–Crippen LogP) is 0.759. The Morgan fingerprint density at radius 2 is 2.17 bits per heavy atom. The number of rotatable bonds is 6. The molecule has 0 radical (unpaired) electrons. The van der Waals surface area contributed by atoms with Gasteiger partial charge in [-0.25, -0.2) is 18.1 Å². The van der Waals surface area contributed by atoms with Gasteiger partial charge in [0.15, 0.2) is 5.03 Å². The Labute approximate surface area is 112 Å². The Morgan fingerprint density at radius 1 is 1.56 bits per heavy atom. The molecule has 0 aliphatic carbocycles. The van der Waals surface area contributed by atoms with Crippen molar-refractivity contribution in [2.75, 3.05) is 6.54 Å². The van der Waals surface area contributed by atoms with Crippen molar-refractivity contribution < 1.29 is 13.5 Å². The normalized spacial score (nSPS) is 15.6. The Morgan fingerprint density at radius 3 is 2.61 bits per heavy atom. The predicted molar refractivity (Wildman–Crippen MR) is 68.9 cm³/mol. The number of imidazole rings is 1. The van der Waals surface area contributed by atoms with Crippen LogP contribution in [0.15, 0.2) is 11.2 Å². The van der Waals surface area contributed by atoms with Gasteiger partial charge in [-0.3, -0.25) is 0 Å². The molecular weight excluding hydrogens is 278 g/mol. The summed E-state index contributed by atoms with van der Waals surface area (Å²) in [5.74, 6) is 0.0407. The number of nitrogens with one attached hydrogen (secondary N) is 1. The lowest BCUT2D eigenvalue weighted by molar-refractivity contribution is 0.165. The first-order chi connectivity index (χ1) is 8.22. The number of halogens is 1. The van der Waals surface area contributed by atoms with Crippen molar-refractivity contribution in [3.63, 3.8) is 0 Å². The van der Waals surface area contributed by atoms with Gasteiger partial charge in [0.05, 0.1) is 6.10 Å². The quantitative estimate of drug-likeness (QED) is 0.811. The smallest absolute Gasteiger partial charge is 0.259 e. The molecule has 2 N–H and O–H groups in total. The summed E-state index contributed by atoms with van der Waals surface area (Å²) < 4.78 is 27.6. The van der Waals surface area contributed by atoms with Gasteiger partial charge in [0.1, 0.15) is 0 Å². The van der Waals surface area contributed by atoms with Crippen LogP contribution < -0.4 is 4.72 Å². The van der Waals surface area contributed by atoms with E-state index in [1.807, 2.05) is 6.92 Å². The van der Waals surface area contributed by atoms with E-state index >= 15 is 0 Å². The zero-order valence-electron chi connectivity index (χ0n) is 10.6. The standard InChI is InChI=1S/C10H18ClN3O3S/c1-7(4-8(2)15)5-12-18(16,17)9-6-14(3)10(11)13-9/h6-8,12,15H,4-5H2,1-3H3. The van der Waals surface area contributed by atoms with E-state index in [1.165, 1.54) is 10.8 Å². The fourth-order valence-electron chi connectivity index (χ4n) is 1.54. The molecule has 1 heterocycles. The highest BCUT2D eigenvalue weighted by molar-refractivity contribution is 7.89. The third-order valence-electron chi connectivity index (χ3n) is 2.44. The Kier molecular flexibility index (Phi) is 5.15. The van der Waals surface area contributed by atoms with E-state index in [1.54, 1.807) is 14.0 Å². The highest BCUT2D eigenvalue weighted by Gasteiger charge is 2.19. The van der Waals surface area contributed by atoms with E-state index in [-0.39, 0.29) is 22.8 Å². The van der Waals surface area contributed by atoms with Crippen LogP contribution in [0.5, 0.6) is 0 Å². The molecule has 0 bridgehead atoms. The molecule has 0 aliphatic heterocycles. The molecule has 0 amide bonds. The van der Waals surface area contributed by atoms with Crippen LogP contribution in [0.2, 0.25) is 5.28 Å². The second-order valence-electron chi connectivity index (χ2n) is 4.50. The molecule has 104 valence electrons. The number of hydrogen-bond donors (Lipinski definition) is 2. The van der Waals surface area contributed by atoms with Crippen molar-refractivity contribution in [1.82, 2.24) is 14.3 Å². The minimum absolute atomic E-state index is 0.0407. The summed E-state index contributed by atoms with van der Waals surface area (Å²) in [6, 6.07) is 0. The number of hydrogen-bond acceptors (Lipinski definition) is 4. The summed E-state index contributed by atoms with van der Waals surface area (Å²) in [6.45, 7) is 3.78. The molecule has 2 unspecified atom stereocenters. The second-order valence-corrected chi connectivity index (χ2v) is 6.55. The molecule has 18 heavy (non-hydrogen) atoms. The highest BCUT2D eigenvalue weighted by Crippen LogP contribution is 2.13. The number of nitrogens with zero attached hydrogens (tertiary/aromatic N) is 2. The number of aryl methyl sites for hydroxylation is 1. The van der Waals surface area contributed by atoms with Gasteiger partial charge in [0.2, 0.25) is 5.28 Å². The Hall–Kier alpha value is -0.630. The fourth-order valence-corrected chi connectivity index (χ4v) is 2.88. The molecule has 0 fully saturated rings. The maximum atomic E-state index is 11.9. The van der Waals surface area contributed by atoms with Gasteiger partial charge in [-0.05, 0) is 30.9 Å². The Bertz CT molecular complexity index is 479. The molecule has 6 nitrogen and oxygen atoms in total. The molecule has 1 rings (SSSR count). The van der Waals surface area contributed by atoms with Crippen molar-refractivity contribution in [2.45, 2.75) is 31.4 Å². The lowest BCUT2D eigenvalue weighted by Crippen LogP contribution is -2.29. The van der Waals surface area contributed by atoms with E-state index in [0.29, 0.717) is 6.42 Å². The Balaban J connectivity index is 2.66.